The highest BCUT2D eigenvalue weighted by Crippen LogP contribution is 2.26. The maximum Gasteiger partial charge on any atom is 0.167 e. The highest BCUT2D eigenvalue weighted by atomic mass is 35.5. The molecule has 1 N–H and O–H groups in total. The Morgan fingerprint density at radius 1 is 1.53 bits per heavy atom. The quantitative estimate of drug-likeness (QED) is 0.917. The molecule has 0 spiro atoms. The van der Waals surface area contributed by atoms with E-state index in [1.54, 1.807) is 6.20 Å². The Morgan fingerprint density at radius 3 is 2.94 bits per heavy atom. The molecule has 5 heteroatoms. The second-order valence-corrected chi connectivity index (χ2v) is 5.27. The minimum atomic E-state index is -0.464. The van der Waals surface area contributed by atoms with Crippen LogP contribution in [0.1, 0.15) is 16.6 Å². The van der Waals surface area contributed by atoms with Gasteiger partial charge in [0, 0.05) is 5.69 Å². The number of anilines is 1. The fraction of sp³-hybridized carbons (Fsp3) is 0.167. The number of nitriles is 1. The van der Waals surface area contributed by atoms with E-state index in [9.17, 15) is 0 Å². The molecule has 0 aliphatic rings. The van der Waals surface area contributed by atoms with Crippen LogP contribution in [0.15, 0.2) is 30.5 Å². The van der Waals surface area contributed by atoms with E-state index in [0.717, 1.165) is 11.3 Å². The van der Waals surface area contributed by atoms with Gasteiger partial charge in [0.25, 0.3) is 0 Å². The molecule has 1 atom stereocenters. The predicted molar refractivity (Wildman–Crippen MR) is 70.3 cm³/mol. The summed E-state index contributed by atoms with van der Waals surface area (Å²) in [7, 11) is 0. The third-order valence-electron chi connectivity index (χ3n) is 2.20. The number of rotatable bonds is 3. The van der Waals surface area contributed by atoms with Gasteiger partial charge in [-0.05, 0) is 24.6 Å². The van der Waals surface area contributed by atoms with E-state index in [4.69, 9.17) is 16.9 Å². The van der Waals surface area contributed by atoms with Crippen LogP contribution in [0.5, 0.6) is 0 Å². The van der Waals surface area contributed by atoms with Gasteiger partial charge >= 0.3 is 0 Å². The van der Waals surface area contributed by atoms with Crippen molar-refractivity contribution in [2.24, 2.45) is 0 Å². The fourth-order valence-corrected chi connectivity index (χ4v) is 2.38. The molecule has 2 aromatic rings. The molecule has 1 unspecified atom stereocenters. The Labute approximate surface area is 109 Å². The minimum Gasteiger partial charge on any atom is -0.364 e. The molecule has 0 aliphatic carbocycles. The molecule has 0 radical (unpaired) electrons. The van der Waals surface area contributed by atoms with E-state index in [1.165, 1.54) is 11.3 Å². The Balaban J connectivity index is 2.19. The van der Waals surface area contributed by atoms with Gasteiger partial charge < -0.3 is 5.32 Å². The zero-order valence-corrected chi connectivity index (χ0v) is 10.7. The molecule has 0 aliphatic heterocycles. The van der Waals surface area contributed by atoms with Crippen LogP contribution in [0.3, 0.4) is 0 Å². The maximum absolute atomic E-state index is 9.13. The zero-order chi connectivity index (χ0) is 12.3. The first-order chi connectivity index (χ1) is 8.19. The molecule has 1 aromatic heterocycles. The topological polar surface area (TPSA) is 48.7 Å². The lowest BCUT2D eigenvalue weighted by molar-refractivity contribution is 0.973. The van der Waals surface area contributed by atoms with Crippen LogP contribution in [0.2, 0.25) is 4.34 Å². The third-order valence-corrected chi connectivity index (χ3v) is 3.38. The Bertz CT molecular complexity index is 559. The summed E-state index contributed by atoms with van der Waals surface area (Å²) < 4.78 is 0.589. The molecule has 17 heavy (non-hydrogen) atoms. The molecule has 0 bridgehead atoms. The largest absolute Gasteiger partial charge is 0.364 e. The Morgan fingerprint density at radius 2 is 2.35 bits per heavy atom. The van der Waals surface area contributed by atoms with Gasteiger partial charge in [0.15, 0.2) is 6.04 Å². The minimum absolute atomic E-state index is 0.464. The summed E-state index contributed by atoms with van der Waals surface area (Å²) in [4.78, 5) is 4.11. The fourth-order valence-electron chi connectivity index (χ4n) is 1.45. The van der Waals surface area contributed by atoms with E-state index in [1.807, 2.05) is 31.2 Å². The van der Waals surface area contributed by atoms with E-state index in [-0.39, 0.29) is 0 Å². The SMILES string of the molecule is Cc1cccc(NC(C#N)c2ncc(Cl)s2)c1. The van der Waals surface area contributed by atoms with Gasteiger partial charge in [0.2, 0.25) is 0 Å². The molecule has 1 aromatic carbocycles. The standard InChI is InChI=1S/C12H10ClN3S/c1-8-3-2-4-9(5-8)16-10(6-14)12-15-7-11(13)17-12/h2-5,7,10,16H,1H3. The molecule has 3 nitrogen and oxygen atoms in total. The van der Waals surface area contributed by atoms with Gasteiger partial charge in [0.05, 0.1) is 12.3 Å². The predicted octanol–water partition coefficient (Wildman–Crippen LogP) is 3.78. The summed E-state index contributed by atoms with van der Waals surface area (Å²) in [5, 5.41) is 12.9. The second kappa shape index (κ2) is 5.17. The third kappa shape index (κ3) is 2.96. The second-order valence-electron chi connectivity index (χ2n) is 3.58. The first-order valence-electron chi connectivity index (χ1n) is 5.03. The highest BCUT2D eigenvalue weighted by Gasteiger charge is 2.14. The van der Waals surface area contributed by atoms with Crippen LogP contribution in [0, 0.1) is 18.3 Å². The van der Waals surface area contributed by atoms with Crippen molar-refractivity contribution in [3.05, 3.63) is 45.4 Å². The van der Waals surface area contributed by atoms with Gasteiger partial charge in [-0.1, -0.05) is 23.7 Å². The lowest BCUT2D eigenvalue weighted by Gasteiger charge is -2.10. The normalized spacial score (nSPS) is 11.8. The summed E-state index contributed by atoms with van der Waals surface area (Å²) in [6.07, 6.45) is 1.56. The van der Waals surface area contributed by atoms with Gasteiger partial charge in [-0.2, -0.15) is 5.26 Å². The molecule has 0 amide bonds. The van der Waals surface area contributed by atoms with E-state index in [2.05, 4.69) is 16.4 Å². The summed E-state index contributed by atoms with van der Waals surface area (Å²) in [6, 6.07) is 9.58. The number of aromatic nitrogens is 1. The molecule has 1 heterocycles. The summed E-state index contributed by atoms with van der Waals surface area (Å²) >= 11 is 7.12. The number of hydrogen-bond donors (Lipinski definition) is 1. The van der Waals surface area contributed by atoms with Crippen LogP contribution < -0.4 is 5.32 Å². The van der Waals surface area contributed by atoms with Crippen molar-refractivity contribution in [1.82, 2.24) is 4.98 Å². The Hall–Kier alpha value is -1.57. The number of hydrogen-bond acceptors (Lipinski definition) is 4. The van der Waals surface area contributed by atoms with Crippen molar-refractivity contribution in [1.29, 1.82) is 5.26 Å². The van der Waals surface area contributed by atoms with E-state index < -0.39 is 6.04 Å². The monoisotopic (exact) mass is 263 g/mol. The smallest absolute Gasteiger partial charge is 0.167 e. The van der Waals surface area contributed by atoms with Gasteiger partial charge in [0.1, 0.15) is 9.34 Å². The van der Waals surface area contributed by atoms with Crippen molar-refractivity contribution >= 4 is 28.6 Å². The van der Waals surface area contributed by atoms with E-state index in [0.29, 0.717) is 9.34 Å². The number of thiazole rings is 1. The molecular formula is C12H10ClN3S. The van der Waals surface area contributed by atoms with Crippen LogP contribution in [0.4, 0.5) is 5.69 Å². The molecule has 0 saturated carbocycles. The summed E-state index contributed by atoms with van der Waals surface area (Å²) in [5.74, 6) is 0. The average molecular weight is 264 g/mol. The van der Waals surface area contributed by atoms with Gasteiger partial charge in [-0.3, -0.25) is 0 Å². The highest BCUT2D eigenvalue weighted by molar-refractivity contribution is 7.15. The molecular weight excluding hydrogens is 254 g/mol. The van der Waals surface area contributed by atoms with Crippen molar-refractivity contribution in [2.75, 3.05) is 5.32 Å². The average Bonchev–Trinajstić information content (AvgIpc) is 2.73. The zero-order valence-electron chi connectivity index (χ0n) is 9.14. The van der Waals surface area contributed by atoms with Crippen LogP contribution >= 0.6 is 22.9 Å². The van der Waals surface area contributed by atoms with Crippen molar-refractivity contribution in [3.8, 4) is 6.07 Å². The lowest BCUT2D eigenvalue weighted by Crippen LogP contribution is -2.07. The van der Waals surface area contributed by atoms with Crippen LogP contribution in [-0.4, -0.2) is 4.98 Å². The first kappa shape index (κ1) is 11.9. The van der Waals surface area contributed by atoms with Crippen LogP contribution in [0.25, 0.3) is 0 Å². The number of nitrogens with one attached hydrogen (secondary N) is 1. The Kier molecular flexibility index (Phi) is 3.62. The lowest BCUT2D eigenvalue weighted by atomic mass is 10.2. The van der Waals surface area contributed by atoms with Crippen molar-refractivity contribution in [2.45, 2.75) is 13.0 Å². The molecule has 2 rings (SSSR count). The number of nitrogens with zero attached hydrogens (tertiary/aromatic N) is 2. The van der Waals surface area contributed by atoms with Crippen molar-refractivity contribution in [3.63, 3.8) is 0 Å². The van der Waals surface area contributed by atoms with E-state index >= 15 is 0 Å². The van der Waals surface area contributed by atoms with Crippen LogP contribution in [-0.2, 0) is 0 Å². The molecule has 86 valence electrons. The molecule has 0 fully saturated rings. The number of halogens is 1. The maximum atomic E-state index is 9.13. The summed E-state index contributed by atoms with van der Waals surface area (Å²) in [5.41, 5.74) is 2.05. The summed E-state index contributed by atoms with van der Waals surface area (Å²) in [6.45, 7) is 2.01. The van der Waals surface area contributed by atoms with Crippen molar-refractivity contribution < 1.29 is 0 Å². The van der Waals surface area contributed by atoms with Gasteiger partial charge in [-0.15, -0.1) is 11.3 Å². The number of aryl methyl sites for hydroxylation is 1. The first-order valence-corrected chi connectivity index (χ1v) is 6.22. The number of benzene rings is 1. The molecule has 0 saturated heterocycles. The van der Waals surface area contributed by atoms with Gasteiger partial charge in [-0.25, -0.2) is 4.98 Å².